The van der Waals surface area contributed by atoms with Gasteiger partial charge in [-0.2, -0.15) is 11.8 Å². The topological polar surface area (TPSA) is 34.1 Å². The van der Waals surface area contributed by atoms with Crippen molar-refractivity contribution in [2.75, 3.05) is 18.2 Å². The minimum absolute atomic E-state index is 0.583. The van der Waals surface area contributed by atoms with E-state index in [4.69, 9.17) is 4.74 Å². The molecular formula is C15H20N2OS2. The van der Waals surface area contributed by atoms with Gasteiger partial charge in [0.2, 0.25) is 0 Å². The SMILES string of the molecule is CCOc1ccc2nc(NC3CCC(SC)C3)sc2c1. The van der Waals surface area contributed by atoms with E-state index >= 15 is 0 Å². The van der Waals surface area contributed by atoms with Gasteiger partial charge in [-0.3, -0.25) is 0 Å². The van der Waals surface area contributed by atoms with Crippen molar-refractivity contribution in [2.45, 2.75) is 37.5 Å². The van der Waals surface area contributed by atoms with E-state index in [9.17, 15) is 0 Å². The third-order valence-corrected chi connectivity index (χ3v) is 5.76. The maximum absolute atomic E-state index is 5.54. The minimum atomic E-state index is 0.583. The number of rotatable bonds is 5. The van der Waals surface area contributed by atoms with Crippen molar-refractivity contribution in [1.82, 2.24) is 4.98 Å². The summed E-state index contributed by atoms with van der Waals surface area (Å²) in [6.45, 7) is 2.71. The molecule has 1 aliphatic rings. The summed E-state index contributed by atoms with van der Waals surface area (Å²) in [7, 11) is 0. The normalized spacial score (nSPS) is 22.3. The lowest BCUT2D eigenvalue weighted by atomic mass is 10.3. The third-order valence-electron chi connectivity index (χ3n) is 3.72. The van der Waals surface area contributed by atoms with E-state index in [1.165, 1.54) is 24.0 Å². The van der Waals surface area contributed by atoms with Gasteiger partial charge in [0.25, 0.3) is 0 Å². The van der Waals surface area contributed by atoms with Crippen molar-refractivity contribution >= 4 is 38.4 Å². The number of hydrogen-bond donors (Lipinski definition) is 1. The Bertz CT molecular complexity index is 584. The minimum Gasteiger partial charge on any atom is -0.494 e. The summed E-state index contributed by atoms with van der Waals surface area (Å²) in [6, 6.07) is 6.70. The second-order valence-electron chi connectivity index (χ2n) is 5.09. The highest BCUT2D eigenvalue weighted by Crippen LogP contribution is 2.33. The number of fused-ring (bicyclic) bond motifs is 1. The maximum Gasteiger partial charge on any atom is 0.184 e. The lowest BCUT2D eigenvalue weighted by molar-refractivity contribution is 0.341. The molecule has 0 saturated heterocycles. The van der Waals surface area contributed by atoms with Crippen LogP contribution in [0.15, 0.2) is 18.2 Å². The lowest BCUT2D eigenvalue weighted by Crippen LogP contribution is -2.15. The third kappa shape index (κ3) is 3.04. The molecule has 3 rings (SSSR count). The van der Waals surface area contributed by atoms with Crippen LogP contribution in [-0.4, -0.2) is 29.1 Å². The van der Waals surface area contributed by atoms with E-state index in [1.807, 2.05) is 30.8 Å². The smallest absolute Gasteiger partial charge is 0.184 e. The Morgan fingerprint density at radius 2 is 2.35 bits per heavy atom. The molecular weight excluding hydrogens is 288 g/mol. The van der Waals surface area contributed by atoms with Gasteiger partial charge in [0.15, 0.2) is 5.13 Å². The van der Waals surface area contributed by atoms with Crippen LogP contribution in [0.25, 0.3) is 10.2 Å². The van der Waals surface area contributed by atoms with Gasteiger partial charge < -0.3 is 10.1 Å². The molecule has 1 heterocycles. The number of benzene rings is 1. The first-order valence-electron chi connectivity index (χ1n) is 7.11. The Labute approximate surface area is 128 Å². The van der Waals surface area contributed by atoms with Gasteiger partial charge >= 0.3 is 0 Å². The predicted octanol–water partition coefficient (Wildman–Crippen LogP) is 4.39. The van der Waals surface area contributed by atoms with Crippen molar-refractivity contribution < 1.29 is 4.74 Å². The summed E-state index contributed by atoms with van der Waals surface area (Å²) in [5.41, 5.74) is 1.06. The number of ether oxygens (including phenoxy) is 1. The van der Waals surface area contributed by atoms with E-state index in [0.29, 0.717) is 12.6 Å². The molecule has 1 aromatic heterocycles. The van der Waals surface area contributed by atoms with Crippen molar-refractivity contribution in [3.8, 4) is 5.75 Å². The molecule has 0 spiro atoms. The van der Waals surface area contributed by atoms with Crippen LogP contribution < -0.4 is 10.1 Å². The molecule has 0 aliphatic heterocycles. The quantitative estimate of drug-likeness (QED) is 0.888. The molecule has 20 heavy (non-hydrogen) atoms. The number of anilines is 1. The maximum atomic E-state index is 5.54. The zero-order valence-corrected chi connectivity index (χ0v) is 13.5. The summed E-state index contributed by atoms with van der Waals surface area (Å²) >= 11 is 3.71. The number of nitrogens with one attached hydrogen (secondary N) is 1. The van der Waals surface area contributed by atoms with Crippen LogP contribution in [0.4, 0.5) is 5.13 Å². The highest BCUT2D eigenvalue weighted by molar-refractivity contribution is 7.99. The highest BCUT2D eigenvalue weighted by atomic mass is 32.2. The monoisotopic (exact) mass is 308 g/mol. The van der Waals surface area contributed by atoms with Crippen molar-refractivity contribution in [2.24, 2.45) is 0 Å². The molecule has 5 heteroatoms. The van der Waals surface area contributed by atoms with Crippen LogP contribution in [0.1, 0.15) is 26.2 Å². The summed E-state index contributed by atoms with van der Waals surface area (Å²) < 4.78 is 6.73. The molecule has 1 aliphatic carbocycles. The first kappa shape index (κ1) is 14.0. The van der Waals surface area contributed by atoms with Gasteiger partial charge in [-0.25, -0.2) is 4.98 Å². The van der Waals surface area contributed by atoms with Crippen molar-refractivity contribution in [1.29, 1.82) is 0 Å². The standard InChI is InChI=1S/C15H20N2OS2/c1-3-18-11-5-7-13-14(9-11)20-15(17-13)16-10-4-6-12(8-10)19-2/h5,7,9-10,12H,3-4,6,8H2,1-2H3,(H,16,17). The Morgan fingerprint density at radius 1 is 1.45 bits per heavy atom. The summed E-state index contributed by atoms with van der Waals surface area (Å²) in [5, 5.41) is 5.45. The van der Waals surface area contributed by atoms with Gasteiger partial charge in [-0.05, 0) is 50.6 Å². The molecule has 1 N–H and O–H groups in total. The molecule has 108 valence electrons. The van der Waals surface area contributed by atoms with Crippen LogP contribution >= 0.6 is 23.1 Å². The number of aromatic nitrogens is 1. The Morgan fingerprint density at radius 3 is 3.10 bits per heavy atom. The summed E-state index contributed by atoms with van der Waals surface area (Å²) in [5.74, 6) is 0.929. The van der Waals surface area contributed by atoms with Crippen LogP contribution in [0.2, 0.25) is 0 Å². The van der Waals surface area contributed by atoms with Crippen LogP contribution in [0.3, 0.4) is 0 Å². The number of thioether (sulfide) groups is 1. The van der Waals surface area contributed by atoms with Crippen molar-refractivity contribution in [3.63, 3.8) is 0 Å². The van der Waals surface area contributed by atoms with E-state index < -0.39 is 0 Å². The number of nitrogens with zero attached hydrogens (tertiary/aromatic N) is 1. The first-order chi connectivity index (χ1) is 9.78. The van der Waals surface area contributed by atoms with Crippen LogP contribution in [-0.2, 0) is 0 Å². The van der Waals surface area contributed by atoms with Gasteiger partial charge in [0.1, 0.15) is 5.75 Å². The number of thiazole rings is 1. The second kappa shape index (κ2) is 6.22. The van der Waals surface area contributed by atoms with Gasteiger partial charge in [0.05, 0.1) is 16.8 Å². The molecule has 1 fully saturated rings. The zero-order chi connectivity index (χ0) is 13.9. The molecule has 1 saturated carbocycles. The fraction of sp³-hybridized carbons (Fsp3) is 0.533. The Hall–Kier alpha value is -0.940. The van der Waals surface area contributed by atoms with E-state index in [1.54, 1.807) is 11.3 Å². The number of hydrogen-bond acceptors (Lipinski definition) is 5. The van der Waals surface area contributed by atoms with Gasteiger partial charge in [0, 0.05) is 11.3 Å². The molecule has 2 atom stereocenters. The lowest BCUT2D eigenvalue weighted by Gasteiger charge is -2.10. The van der Waals surface area contributed by atoms with E-state index in [0.717, 1.165) is 21.6 Å². The molecule has 0 bridgehead atoms. The van der Waals surface area contributed by atoms with Gasteiger partial charge in [-0.15, -0.1) is 0 Å². The molecule has 0 amide bonds. The largest absolute Gasteiger partial charge is 0.494 e. The summed E-state index contributed by atoms with van der Waals surface area (Å²) in [6.07, 6.45) is 6.03. The molecule has 1 aromatic carbocycles. The molecule has 2 aromatic rings. The zero-order valence-electron chi connectivity index (χ0n) is 11.9. The van der Waals surface area contributed by atoms with Crippen LogP contribution in [0, 0.1) is 0 Å². The summed E-state index contributed by atoms with van der Waals surface area (Å²) in [4.78, 5) is 4.67. The van der Waals surface area contributed by atoms with Gasteiger partial charge in [-0.1, -0.05) is 11.3 Å². The average Bonchev–Trinajstić information content (AvgIpc) is 3.05. The average molecular weight is 308 g/mol. The molecule has 3 nitrogen and oxygen atoms in total. The van der Waals surface area contributed by atoms with Crippen molar-refractivity contribution in [3.05, 3.63) is 18.2 Å². The van der Waals surface area contributed by atoms with Crippen LogP contribution in [0.5, 0.6) is 5.75 Å². The Balaban J connectivity index is 1.72. The van der Waals surface area contributed by atoms with E-state index in [2.05, 4.69) is 22.6 Å². The highest BCUT2D eigenvalue weighted by Gasteiger charge is 2.24. The molecule has 0 radical (unpaired) electrons. The van der Waals surface area contributed by atoms with E-state index in [-0.39, 0.29) is 0 Å². The fourth-order valence-electron chi connectivity index (χ4n) is 2.68. The first-order valence-corrected chi connectivity index (χ1v) is 9.21. The molecule has 2 unspecified atom stereocenters. The Kier molecular flexibility index (Phi) is 4.36. The predicted molar refractivity (Wildman–Crippen MR) is 89.4 cm³/mol. The second-order valence-corrected chi connectivity index (χ2v) is 7.26. The fourth-order valence-corrected chi connectivity index (χ4v) is 4.45.